The lowest BCUT2D eigenvalue weighted by atomic mass is 10.3. The molecule has 0 aromatic heterocycles. The monoisotopic (exact) mass is 132 g/mol. The second-order valence-corrected chi connectivity index (χ2v) is 2.16. The van der Waals surface area contributed by atoms with Crippen molar-refractivity contribution in [3.8, 4) is 0 Å². The van der Waals surface area contributed by atoms with Crippen molar-refractivity contribution in [3.05, 3.63) is 0 Å². The smallest absolute Gasteiger partial charge is 0.319 e. The van der Waals surface area contributed by atoms with Crippen LogP contribution in [0, 0.1) is 0 Å². The van der Waals surface area contributed by atoms with Crippen LogP contribution in [-0.4, -0.2) is 43.0 Å². The molecule has 0 aromatic carbocycles. The van der Waals surface area contributed by atoms with Crippen LogP contribution in [0.3, 0.4) is 0 Å². The molecule has 1 aliphatic rings. The quantitative estimate of drug-likeness (QED) is 0.467. The Labute approximate surface area is 58.0 Å². The first-order valence-electron chi connectivity index (χ1n) is 4.33. The van der Waals surface area contributed by atoms with Gasteiger partial charge in [-0.3, -0.25) is 0 Å². The molecular formula is C6H12N2O. The molecule has 52 valence electrons. The Kier molecular flexibility index (Phi) is 1.04. The Bertz CT molecular complexity index is 140. The van der Waals surface area contributed by atoms with E-state index < -0.39 is 0 Å². The fraction of sp³-hybridized carbons (Fsp3) is 0.833. The average Bonchev–Trinajstić information content (AvgIpc) is 2.05. The first-order chi connectivity index (χ1) is 5.29. The van der Waals surface area contributed by atoms with Gasteiger partial charge < -0.3 is 9.80 Å². The van der Waals surface area contributed by atoms with Crippen LogP contribution < -0.4 is 0 Å². The molecule has 0 atom stereocenters. The van der Waals surface area contributed by atoms with Crippen molar-refractivity contribution in [2.45, 2.75) is 6.42 Å². The standard InChI is InChI=1S/C6H12N2O/c1-7-4-3-5-8(2)6(7)9/h3-5H2,1-2H3/i1T,2T. The van der Waals surface area contributed by atoms with Crippen LogP contribution in [-0.2, 0) is 0 Å². The van der Waals surface area contributed by atoms with Gasteiger partial charge in [0, 0.05) is 29.9 Å². The molecule has 0 aromatic rings. The lowest BCUT2D eigenvalue weighted by Crippen LogP contribution is -2.44. The maximum absolute atomic E-state index is 11.2. The van der Waals surface area contributed by atoms with Crippen LogP contribution in [0.1, 0.15) is 9.16 Å². The van der Waals surface area contributed by atoms with E-state index in [-0.39, 0.29) is 20.1 Å². The van der Waals surface area contributed by atoms with Crippen LogP contribution in [0.5, 0.6) is 0 Å². The van der Waals surface area contributed by atoms with Gasteiger partial charge in [-0.1, -0.05) is 0 Å². The molecule has 1 aliphatic heterocycles. The van der Waals surface area contributed by atoms with E-state index in [9.17, 15) is 4.79 Å². The number of carbonyl (C=O) groups excluding carboxylic acids is 1. The highest BCUT2D eigenvalue weighted by Gasteiger charge is 2.17. The van der Waals surface area contributed by atoms with E-state index >= 15 is 0 Å². The Hall–Kier alpha value is -0.730. The predicted molar refractivity (Wildman–Crippen MR) is 35.3 cm³/mol. The minimum absolute atomic E-state index is 0.00926. The molecule has 0 spiro atoms. The van der Waals surface area contributed by atoms with Gasteiger partial charge in [0.05, 0.1) is 0 Å². The Morgan fingerprint density at radius 1 is 1.44 bits per heavy atom. The molecule has 0 saturated carbocycles. The van der Waals surface area contributed by atoms with Crippen LogP contribution >= 0.6 is 0 Å². The largest absolute Gasteiger partial charge is 0.328 e. The van der Waals surface area contributed by atoms with Gasteiger partial charge in [0.25, 0.3) is 0 Å². The number of urea groups is 1. The van der Waals surface area contributed by atoms with Crippen molar-refractivity contribution in [3.63, 3.8) is 0 Å². The van der Waals surface area contributed by atoms with E-state index in [0.717, 1.165) is 6.42 Å². The molecule has 3 nitrogen and oxygen atoms in total. The summed E-state index contributed by atoms with van der Waals surface area (Å²) >= 11 is 0. The fourth-order valence-corrected chi connectivity index (χ4v) is 0.844. The van der Waals surface area contributed by atoms with E-state index in [2.05, 4.69) is 0 Å². The summed E-state index contributed by atoms with van der Waals surface area (Å²) in [6, 6.07) is -0.166. The van der Waals surface area contributed by atoms with Crippen LogP contribution in [0.2, 0.25) is 0 Å². The molecule has 3 heteroatoms. The third kappa shape index (κ3) is 1.15. The van der Waals surface area contributed by atoms with E-state index in [0.29, 0.717) is 13.1 Å². The van der Waals surface area contributed by atoms with Gasteiger partial charge in [0.15, 0.2) is 0 Å². The molecule has 2 amide bonds. The SMILES string of the molecule is [3H]CN1CCCN(C[3H])C1=O. The van der Waals surface area contributed by atoms with Crippen LogP contribution in [0.4, 0.5) is 4.79 Å². The summed E-state index contributed by atoms with van der Waals surface area (Å²) in [6.45, 7) is 1.33. The van der Waals surface area contributed by atoms with Gasteiger partial charge in [0.1, 0.15) is 0 Å². The first-order valence-corrected chi connectivity index (χ1v) is 2.92. The molecule has 1 fully saturated rings. The summed E-state index contributed by atoms with van der Waals surface area (Å²) < 4.78 is 14.0. The summed E-state index contributed by atoms with van der Waals surface area (Å²) in [5.74, 6) is 0. The maximum atomic E-state index is 11.2. The number of hydrogen-bond acceptors (Lipinski definition) is 1. The molecule has 0 bridgehead atoms. The van der Waals surface area contributed by atoms with E-state index in [1.807, 2.05) is 0 Å². The third-order valence-electron chi connectivity index (χ3n) is 1.40. The molecule has 0 N–H and O–H groups in total. The fourth-order valence-electron chi connectivity index (χ4n) is 0.844. The minimum atomic E-state index is -0.166. The number of hydrogen-bond donors (Lipinski definition) is 0. The van der Waals surface area contributed by atoms with Crippen molar-refractivity contribution in [2.24, 2.45) is 0 Å². The van der Waals surface area contributed by atoms with Gasteiger partial charge in [-0.2, -0.15) is 0 Å². The van der Waals surface area contributed by atoms with Gasteiger partial charge in [0.2, 0.25) is 0 Å². The predicted octanol–water partition coefficient (Wildman–Crippen LogP) is 0.374. The van der Waals surface area contributed by atoms with Crippen molar-refractivity contribution in [1.82, 2.24) is 9.80 Å². The first kappa shape index (κ1) is 4.14. The van der Waals surface area contributed by atoms with E-state index in [1.165, 1.54) is 9.80 Å². The number of carbonyl (C=O) groups is 1. The average molecular weight is 132 g/mol. The zero-order valence-corrected chi connectivity index (χ0v) is 5.34. The van der Waals surface area contributed by atoms with E-state index in [4.69, 9.17) is 2.74 Å². The molecular weight excluding hydrogens is 116 g/mol. The van der Waals surface area contributed by atoms with Crippen molar-refractivity contribution in [1.29, 1.82) is 0 Å². The number of nitrogens with zero attached hydrogens (tertiary/aromatic N) is 2. The number of rotatable bonds is 0. The summed E-state index contributed by atoms with van der Waals surface area (Å²) in [4.78, 5) is 14.1. The lowest BCUT2D eigenvalue weighted by molar-refractivity contribution is 0.153. The maximum Gasteiger partial charge on any atom is 0.319 e. The molecule has 1 heterocycles. The molecule has 9 heavy (non-hydrogen) atoms. The van der Waals surface area contributed by atoms with Gasteiger partial charge in [-0.05, 0) is 6.42 Å². The van der Waals surface area contributed by atoms with Gasteiger partial charge >= 0.3 is 6.03 Å². The summed E-state index contributed by atoms with van der Waals surface area (Å²) in [5, 5.41) is 0. The van der Waals surface area contributed by atoms with Gasteiger partial charge in [-0.15, -0.1) is 0 Å². The van der Waals surface area contributed by atoms with Gasteiger partial charge in [-0.25, -0.2) is 4.79 Å². The van der Waals surface area contributed by atoms with Crippen molar-refractivity contribution in [2.75, 3.05) is 27.1 Å². The summed E-state index contributed by atoms with van der Waals surface area (Å²) in [7, 11) is 0.0185. The van der Waals surface area contributed by atoms with Crippen LogP contribution in [0.25, 0.3) is 0 Å². The minimum Gasteiger partial charge on any atom is -0.328 e. The molecule has 1 rings (SSSR count). The third-order valence-corrected chi connectivity index (χ3v) is 1.40. The summed E-state index contributed by atoms with van der Waals surface area (Å²) in [5.41, 5.74) is 0. The highest BCUT2D eigenvalue weighted by atomic mass is 16.2. The summed E-state index contributed by atoms with van der Waals surface area (Å²) in [6.07, 6.45) is 0.878. The second-order valence-electron chi connectivity index (χ2n) is 2.16. The topological polar surface area (TPSA) is 23.6 Å². The lowest BCUT2D eigenvalue weighted by Gasteiger charge is -2.30. The Balaban J connectivity index is 2.52. The van der Waals surface area contributed by atoms with E-state index in [1.54, 1.807) is 0 Å². The zero-order valence-electron chi connectivity index (χ0n) is 7.34. The van der Waals surface area contributed by atoms with Crippen molar-refractivity contribution >= 4 is 6.03 Å². The normalized spacial score (nSPS) is 23.8. The van der Waals surface area contributed by atoms with Crippen molar-refractivity contribution < 1.29 is 7.54 Å². The Morgan fingerprint density at radius 2 is 2.00 bits per heavy atom. The highest BCUT2D eigenvalue weighted by Crippen LogP contribution is 2.02. The zero-order chi connectivity index (χ0) is 8.27. The molecule has 0 radical (unpaired) electrons. The Morgan fingerprint density at radius 3 is 2.44 bits per heavy atom. The molecule has 0 aliphatic carbocycles. The number of amides is 2. The molecule has 0 unspecified atom stereocenters. The van der Waals surface area contributed by atoms with Crippen LogP contribution in [0.15, 0.2) is 0 Å². The second kappa shape index (κ2) is 2.25. The highest BCUT2D eigenvalue weighted by molar-refractivity contribution is 5.74. The molecule has 1 saturated heterocycles.